The second kappa shape index (κ2) is 69.9. The number of hydrogen-bond donors (Lipinski definition) is 1. The zero-order valence-corrected chi connectivity index (χ0v) is 53.5. The molecular weight excluding hydrogens is 957 g/mol. The number of allylic oxidation sites excluding steroid dienone is 2. The minimum absolute atomic E-state index is 0.0563. The van der Waals surface area contributed by atoms with E-state index < -0.39 is 6.10 Å². The summed E-state index contributed by atoms with van der Waals surface area (Å²) in [7, 11) is 0. The molecule has 0 aromatic carbocycles. The van der Waals surface area contributed by atoms with Gasteiger partial charge in [0.1, 0.15) is 6.61 Å². The normalized spacial score (nSPS) is 12.1. The van der Waals surface area contributed by atoms with Crippen molar-refractivity contribution in [2.24, 2.45) is 0 Å². The summed E-state index contributed by atoms with van der Waals surface area (Å²) in [4.78, 5) is 24.7. The average molecular weight is 1100 g/mol. The van der Waals surface area contributed by atoms with Gasteiger partial charge in [-0.05, 0) is 38.5 Å². The highest BCUT2D eigenvalue weighted by molar-refractivity contribution is 5.70. The molecule has 0 aliphatic carbocycles. The van der Waals surface area contributed by atoms with Crippen LogP contribution in [-0.2, 0) is 19.1 Å². The lowest BCUT2D eigenvalue weighted by Crippen LogP contribution is -2.28. The number of ether oxygens (including phenoxy) is 2. The van der Waals surface area contributed by atoms with Gasteiger partial charge in [0.05, 0.1) is 6.61 Å². The second-order valence-corrected chi connectivity index (χ2v) is 25.0. The van der Waals surface area contributed by atoms with Gasteiger partial charge < -0.3 is 14.6 Å². The number of aliphatic hydroxyl groups excluding tert-OH is 1. The van der Waals surface area contributed by atoms with E-state index in [0.717, 1.165) is 32.1 Å². The minimum Gasteiger partial charge on any atom is -0.462 e. The van der Waals surface area contributed by atoms with Crippen molar-refractivity contribution in [3.8, 4) is 0 Å². The summed E-state index contributed by atoms with van der Waals surface area (Å²) in [6.07, 6.45) is 89.9. The molecule has 0 aliphatic rings. The van der Waals surface area contributed by atoms with Crippen LogP contribution in [0.15, 0.2) is 12.2 Å². The first-order valence-corrected chi connectivity index (χ1v) is 36.2. The van der Waals surface area contributed by atoms with Gasteiger partial charge in [0.2, 0.25) is 0 Å². The van der Waals surface area contributed by atoms with Crippen molar-refractivity contribution in [3.63, 3.8) is 0 Å². The molecule has 0 spiro atoms. The van der Waals surface area contributed by atoms with Gasteiger partial charge in [-0.3, -0.25) is 9.59 Å². The molecule has 5 heteroatoms. The van der Waals surface area contributed by atoms with Crippen LogP contribution in [0.3, 0.4) is 0 Å². The van der Waals surface area contributed by atoms with Gasteiger partial charge in [-0.1, -0.05) is 386 Å². The number of hydrogen-bond acceptors (Lipinski definition) is 5. The van der Waals surface area contributed by atoms with E-state index in [1.807, 2.05) is 0 Å². The molecule has 0 fully saturated rings. The number of carbonyl (C=O) groups is 2. The number of esters is 2. The Morgan fingerprint density at radius 3 is 0.692 bits per heavy atom. The van der Waals surface area contributed by atoms with Gasteiger partial charge in [-0.15, -0.1) is 0 Å². The van der Waals surface area contributed by atoms with Crippen molar-refractivity contribution in [1.29, 1.82) is 0 Å². The molecule has 0 rings (SSSR count). The Balaban J connectivity index is 3.35. The molecule has 464 valence electrons. The second-order valence-electron chi connectivity index (χ2n) is 25.0. The maximum atomic E-state index is 12.4. The maximum Gasteiger partial charge on any atom is 0.306 e. The number of rotatable bonds is 69. The van der Waals surface area contributed by atoms with Crippen LogP contribution in [0.2, 0.25) is 0 Å². The van der Waals surface area contributed by atoms with Gasteiger partial charge >= 0.3 is 11.9 Å². The molecule has 1 atom stereocenters. The van der Waals surface area contributed by atoms with Crippen LogP contribution in [-0.4, -0.2) is 36.4 Å². The predicted molar refractivity (Wildman–Crippen MR) is 344 cm³/mol. The number of carbonyl (C=O) groups excluding carboxylic acids is 2. The number of aliphatic hydroxyl groups is 1. The molecule has 5 nitrogen and oxygen atoms in total. The Bertz CT molecular complexity index is 1150. The third-order valence-electron chi connectivity index (χ3n) is 17.1. The van der Waals surface area contributed by atoms with Crippen molar-refractivity contribution in [2.45, 2.75) is 431 Å². The van der Waals surface area contributed by atoms with E-state index in [0.29, 0.717) is 12.8 Å². The Hall–Kier alpha value is -1.36. The highest BCUT2D eigenvalue weighted by atomic mass is 16.6. The topological polar surface area (TPSA) is 72.8 Å². The molecule has 0 radical (unpaired) electrons. The third kappa shape index (κ3) is 67.1. The molecule has 0 saturated heterocycles. The zero-order chi connectivity index (χ0) is 56.2. The molecule has 0 amide bonds. The van der Waals surface area contributed by atoms with Crippen LogP contribution in [0, 0.1) is 0 Å². The van der Waals surface area contributed by atoms with Crippen molar-refractivity contribution >= 4 is 11.9 Å². The summed E-state index contributed by atoms with van der Waals surface area (Å²) < 4.78 is 10.8. The predicted octanol–water partition coefficient (Wildman–Crippen LogP) is 25.0. The minimum atomic E-state index is -0.767. The lowest BCUT2D eigenvalue weighted by Gasteiger charge is -2.15. The average Bonchev–Trinajstić information content (AvgIpc) is 3.44. The van der Waals surface area contributed by atoms with Crippen LogP contribution in [0.4, 0.5) is 0 Å². The van der Waals surface area contributed by atoms with Crippen molar-refractivity contribution < 1.29 is 24.2 Å². The Morgan fingerprint density at radius 1 is 0.282 bits per heavy atom. The van der Waals surface area contributed by atoms with Gasteiger partial charge in [0.25, 0.3) is 0 Å². The molecule has 1 N–H and O–H groups in total. The van der Waals surface area contributed by atoms with Crippen LogP contribution in [0.25, 0.3) is 0 Å². The molecule has 0 aliphatic heterocycles. The monoisotopic (exact) mass is 1100 g/mol. The van der Waals surface area contributed by atoms with Gasteiger partial charge in [0, 0.05) is 12.8 Å². The smallest absolute Gasteiger partial charge is 0.306 e. The van der Waals surface area contributed by atoms with Crippen LogP contribution in [0.1, 0.15) is 425 Å². The van der Waals surface area contributed by atoms with E-state index >= 15 is 0 Å². The first-order valence-electron chi connectivity index (χ1n) is 36.2. The summed E-state index contributed by atoms with van der Waals surface area (Å²) in [5, 5.41) is 9.71. The highest BCUT2D eigenvalue weighted by Crippen LogP contribution is 2.20. The lowest BCUT2D eigenvalue weighted by molar-refractivity contribution is -0.161. The van der Waals surface area contributed by atoms with E-state index in [9.17, 15) is 14.7 Å². The summed E-state index contributed by atoms with van der Waals surface area (Å²) in [5.74, 6) is -0.559. The SMILES string of the molecule is CCCCCCCCCC/C=C\CCCCCCCCCCCCCCCCCCCCCCCCCC(=O)OC(CO)COC(=O)CCCCCCCCCCCCCCCCCCCCCCCCCCCCCCC. The fourth-order valence-electron chi connectivity index (χ4n) is 11.6. The van der Waals surface area contributed by atoms with E-state index in [2.05, 4.69) is 26.0 Å². The van der Waals surface area contributed by atoms with E-state index in [4.69, 9.17) is 9.47 Å². The largest absolute Gasteiger partial charge is 0.462 e. The quantitative estimate of drug-likeness (QED) is 0.0373. The van der Waals surface area contributed by atoms with Crippen LogP contribution >= 0.6 is 0 Å². The Morgan fingerprint density at radius 2 is 0.474 bits per heavy atom. The standard InChI is InChI=1S/C73H142O5/c1-3-5-7-9-11-13-15-17-19-21-23-25-27-29-31-33-34-35-36-37-38-40-42-44-46-48-50-52-54-56-58-60-62-64-66-68-73(76)78-71(69-74)70-77-72(75)67-65-63-61-59-57-55-53-51-49-47-45-43-41-39-32-30-28-26-24-22-20-18-16-14-12-10-8-6-4-2/h21,23,71,74H,3-20,22,24-70H2,1-2H3/b23-21-. The lowest BCUT2D eigenvalue weighted by atomic mass is 10.0. The van der Waals surface area contributed by atoms with E-state index in [1.165, 1.54) is 366 Å². The molecule has 0 bridgehead atoms. The maximum absolute atomic E-state index is 12.4. The van der Waals surface area contributed by atoms with E-state index in [-0.39, 0.29) is 25.2 Å². The summed E-state index contributed by atoms with van der Waals surface area (Å²) >= 11 is 0. The van der Waals surface area contributed by atoms with Crippen molar-refractivity contribution in [2.75, 3.05) is 13.2 Å². The van der Waals surface area contributed by atoms with Crippen LogP contribution < -0.4 is 0 Å². The Labute approximate surface area is 490 Å². The summed E-state index contributed by atoms with van der Waals surface area (Å²) in [5.41, 5.74) is 0. The van der Waals surface area contributed by atoms with Gasteiger partial charge in [-0.25, -0.2) is 0 Å². The summed E-state index contributed by atoms with van der Waals surface area (Å²) in [6, 6.07) is 0. The van der Waals surface area contributed by atoms with Gasteiger partial charge in [0.15, 0.2) is 6.10 Å². The Kier molecular flexibility index (Phi) is 68.7. The third-order valence-corrected chi connectivity index (χ3v) is 17.1. The first-order chi connectivity index (χ1) is 38.6. The molecule has 1 unspecified atom stereocenters. The highest BCUT2D eigenvalue weighted by Gasteiger charge is 2.16. The molecule has 78 heavy (non-hydrogen) atoms. The fourth-order valence-corrected chi connectivity index (χ4v) is 11.6. The molecule has 0 saturated carbocycles. The molecular formula is C73H142O5. The number of unbranched alkanes of at least 4 members (excludes halogenated alkanes) is 59. The summed E-state index contributed by atoms with van der Waals surface area (Å²) in [6.45, 7) is 4.22. The van der Waals surface area contributed by atoms with Gasteiger partial charge in [-0.2, -0.15) is 0 Å². The van der Waals surface area contributed by atoms with Crippen molar-refractivity contribution in [3.05, 3.63) is 12.2 Å². The van der Waals surface area contributed by atoms with Crippen molar-refractivity contribution in [1.82, 2.24) is 0 Å². The first kappa shape index (κ1) is 76.6. The molecule has 0 heterocycles. The van der Waals surface area contributed by atoms with Crippen LogP contribution in [0.5, 0.6) is 0 Å². The zero-order valence-electron chi connectivity index (χ0n) is 53.5. The fraction of sp³-hybridized carbons (Fsp3) is 0.945. The molecule has 0 aromatic rings. The molecule has 0 aromatic heterocycles. The van der Waals surface area contributed by atoms with E-state index in [1.54, 1.807) is 0 Å².